The number of carbonyl (C=O) groups is 1. The van der Waals surface area contributed by atoms with Gasteiger partial charge in [0.15, 0.2) is 5.69 Å². The number of aryl methyl sites for hydroxylation is 1. The van der Waals surface area contributed by atoms with E-state index >= 15 is 0 Å². The van der Waals surface area contributed by atoms with Gasteiger partial charge in [0.05, 0.1) is 4.92 Å². The van der Waals surface area contributed by atoms with Gasteiger partial charge in [0, 0.05) is 22.7 Å². The molecule has 9 nitrogen and oxygen atoms in total. The minimum Gasteiger partial charge on any atom is -0.302 e. The summed E-state index contributed by atoms with van der Waals surface area (Å²) in [6, 6.07) is 3.73. The third kappa shape index (κ3) is 3.09. The maximum atomic E-state index is 12.3. The van der Waals surface area contributed by atoms with E-state index in [1.807, 2.05) is 12.3 Å². The molecule has 0 aliphatic carbocycles. The average Bonchev–Trinajstić information content (AvgIpc) is 3.16. The van der Waals surface area contributed by atoms with E-state index in [0.717, 1.165) is 11.8 Å². The molecular weight excluding hydrogens is 358 g/mol. The van der Waals surface area contributed by atoms with Gasteiger partial charge < -0.3 is 5.32 Å². The van der Waals surface area contributed by atoms with Crippen molar-refractivity contribution in [2.75, 3.05) is 5.32 Å². The van der Waals surface area contributed by atoms with Gasteiger partial charge in [-0.3, -0.25) is 14.9 Å². The first-order chi connectivity index (χ1) is 11.5. The number of aromatic nitrogens is 3. The smallest absolute Gasteiger partial charge is 0.288 e. The molecule has 0 spiro atoms. The molecule has 11 heteroatoms. The number of nitro benzene ring substituents is 1. The second-order valence-electron chi connectivity index (χ2n) is 4.63. The molecule has 0 aliphatic heterocycles. The van der Waals surface area contributed by atoms with Gasteiger partial charge in [-0.2, -0.15) is 0 Å². The summed E-state index contributed by atoms with van der Waals surface area (Å²) in [5.41, 5.74) is 0.766. The summed E-state index contributed by atoms with van der Waals surface area (Å²) >= 11 is 7.05. The van der Waals surface area contributed by atoms with E-state index in [1.54, 1.807) is 0 Å². The molecule has 1 N–H and O–H groups in total. The molecule has 3 aromatic rings. The minimum absolute atomic E-state index is 0.0513. The number of benzene rings is 1. The maximum absolute atomic E-state index is 12.3. The lowest BCUT2D eigenvalue weighted by atomic mass is 10.2. The van der Waals surface area contributed by atoms with Gasteiger partial charge in [0.2, 0.25) is 5.82 Å². The average molecular weight is 366 g/mol. The van der Waals surface area contributed by atoms with Crippen LogP contribution in [-0.2, 0) is 0 Å². The monoisotopic (exact) mass is 365 g/mol. The van der Waals surface area contributed by atoms with Gasteiger partial charge in [-0.25, -0.2) is 9.61 Å². The van der Waals surface area contributed by atoms with Crippen LogP contribution in [0.2, 0.25) is 5.02 Å². The first-order valence-corrected chi connectivity index (χ1v) is 7.72. The van der Waals surface area contributed by atoms with Gasteiger partial charge in [-0.1, -0.05) is 11.6 Å². The number of carbonyl (C=O) groups excluding carboxylic acids is 1. The maximum Gasteiger partial charge on any atom is 0.288 e. The van der Waals surface area contributed by atoms with Crippen molar-refractivity contribution in [2.24, 2.45) is 0 Å². The van der Waals surface area contributed by atoms with Crippen molar-refractivity contribution in [1.82, 2.24) is 15.3 Å². The van der Waals surface area contributed by atoms with E-state index in [0.29, 0.717) is 5.01 Å². The zero-order valence-electron chi connectivity index (χ0n) is 12.0. The highest BCUT2D eigenvalue weighted by molar-refractivity contribution is 7.13. The molecule has 0 fully saturated rings. The lowest BCUT2D eigenvalue weighted by Crippen LogP contribution is -2.13. The second kappa shape index (κ2) is 6.34. The van der Waals surface area contributed by atoms with Crippen LogP contribution in [0.25, 0.3) is 10.7 Å². The first kappa shape index (κ1) is 16.0. The van der Waals surface area contributed by atoms with Gasteiger partial charge in [0.1, 0.15) is 10.0 Å². The van der Waals surface area contributed by atoms with Crippen molar-refractivity contribution in [3.8, 4) is 10.7 Å². The molecule has 0 radical (unpaired) electrons. The molecule has 0 atom stereocenters. The minimum atomic E-state index is -0.666. The largest absolute Gasteiger partial charge is 0.302 e. The van der Waals surface area contributed by atoms with E-state index in [4.69, 9.17) is 11.6 Å². The Morgan fingerprint density at radius 3 is 2.88 bits per heavy atom. The second-order valence-corrected chi connectivity index (χ2v) is 5.90. The van der Waals surface area contributed by atoms with Crippen LogP contribution in [0, 0.1) is 17.0 Å². The highest BCUT2D eigenvalue weighted by Gasteiger charge is 2.21. The fraction of sp³-hybridized carbons (Fsp3) is 0.0769. The fourth-order valence-electron chi connectivity index (χ4n) is 1.85. The number of halogens is 1. The van der Waals surface area contributed by atoms with Crippen LogP contribution in [0.1, 0.15) is 16.1 Å². The van der Waals surface area contributed by atoms with Crippen molar-refractivity contribution in [2.45, 2.75) is 6.92 Å². The molecule has 0 unspecified atom stereocenters. The van der Waals surface area contributed by atoms with E-state index in [-0.39, 0.29) is 27.8 Å². The Morgan fingerprint density at radius 1 is 1.42 bits per heavy atom. The topological polar surface area (TPSA) is 124 Å². The van der Waals surface area contributed by atoms with Gasteiger partial charge in [-0.05, 0) is 29.4 Å². The standard InChI is InChI=1S/C13H8ClN5O4S/c1-6-5-24-13(15-6)10-11(18-23-17-10)16-12(20)7-2-3-8(14)9(4-7)19(21)22/h2-5H,1H3,(H,16,18,20). The number of hydrogen-bond acceptors (Lipinski definition) is 8. The Bertz CT molecular complexity index is 938. The highest BCUT2D eigenvalue weighted by Crippen LogP contribution is 2.29. The number of thiazole rings is 1. The van der Waals surface area contributed by atoms with Crippen LogP contribution in [0.15, 0.2) is 28.2 Å². The lowest BCUT2D eigenvalue weighted by molar-refractivity contribution is -0.384. The molecular formula is C13H8ClN5O4S. The predicted octanol–water partition coefficient (Wildman–Crippen LogP) is 3.32. The summed E-state index contributed by atoms with van der Waals surface area (Å²) < 4.78 is 4.65. The molecule has 2 aromatic heterocycles. The summed E-state index contributed by atoms with van der Waals surface area (Å²) in [5.74, 6) is -0.535. The third-order valence-electron chi connectivity index (χ3n) is 2.95. The van der Waals surface area contributed by atoms with Crippen molar-refractivity contribution in [3.63, 3.8) is 0 Å². The molecule has 0 saturated carbocycles. The van der Waals surface area contributed by atoms with Crippen LogP contribution in [0.3, 0.4) is 0 Å². The van der Waals surface area contributed by atoms with Crippen molar-refractivity contribution < 1.29 is 14.3 Å². The Morgan fingerprint density at radius 2 is 2.21 bits per heavy atom. The molecule has 0 aliphatic rings. The molecule has 122 valence electrons. The molecule has 24 heavy (non-hydrogen) atoms. The molecule has 0 bridgehead atoms. The van der Waals surface area contributed by atoms with Crippen LogP contribution in [-0.4, -0.2) is 26.1 Å². The molecule has 2 heterocycles. The summed E-state index contributed by atoms with van der Waals surface area (Å²) in [5, 5.41) is 23.0. The summed E-state index contributed by atoms with van der Waals surface area (Å²) in [7, 11) is 0. The van der Waals surface area contributed by atoms with E-state index in [9.17, 15) is 14.9 Å². The number of nitrogens with one attached hydrogen (secondary N) is 1. The normalized spacial score (nSPS) is 10.6. The summed E-state index contributed by atoms with van der Waals surface area (Å²) in [4.78, 5) is 26.8. The van der Waals surface area contributed by atoms with Crippen LogP contribution in [0.5, 0.6) is 0 Å². The highest BCUT2D eigenvalue weighted by atomic mass is 35.5. The van der Waals surface area contributed by atoms with Gasteiger partial charge >= 0.3 is 0 Å². The van der Waals surface area contributed by atoms with Crippen LogP contribution in [0.4, 0.5) is 11.5 Å². The Balaban J connectivity index is 1.88. The SMILES string of the molecule is Cc1csc(-c2nonc2NC(=O)c2ccc(Cl)c([N+](=O)[O-])c2)n1. The number of hydrogen-bond donors (Lipinski definition) is 1. The number of rotatable bonds is 4. The number of nitrogens with zero attached hydrogens (tertiary/aromatic N) is 4. The molecule has 1 amide bonds. The number of anilines is 1. The van der Waals surface area contributed by atoms with Crippen LogP contribution >= 0.6 is 22.9 Å². The first-order valence-electron chi connectivity index (χ1n) is 6.46. The van der Waals surface area contributed by atoms with Gasteiger partial charge in [0.25, 0.3) is 11.6 Å². The quantitative estimate of drug-likeness (QED) is 0.555. The number of nitro groups is 1. The Labute approximate surface area is 143 Å². The van der Waals surface area contributed by atoms with E-state index in [1.165, 1.54) is 23.5 Å². The summed E-state index contributed by atoms with van der Waals surface area (Å²) in [6.07, 6.45) is 0. The molecule has 1 aromatic carbocycles. The van der Waals surface area contributed by atoms with Crippen LogP contribution < -0.4 is 5.32 Å². The van der Waals surface area contributed by atoms with E-state index < -0.39 is 10.8 Å². The fourth-order valence-corrected chi connectivity index (χ4v) is 2.81. The van der Waals surface area contributed by atoms with Crippen molar-refractivity contribution in [3.05, 3.63) is 50.0 Å². The zero-order valence-corrected chi connectivity index (χ0v) is 13.6. The van der Waals surface area contributed by atoms with Crippen molar-refractivity contribution >= 4 is 40.4 Å². The third-order valence-corrected chi connectivity index (χ3v) is 4.23. The Hall–Kier alpha value is -2.85. The Kier molecular flexibility index (Phi) is 4.23. The summed E-state index contributed by atoms with van der Waals surface area (Å²) in [6.45, 7) is 1.82. The van der Waals surface area contributed by atoms with E-state index in [2.05, 4.69) is 25.2 Å². The van der Waals surface area contributed by atoms with Gasteiger partial charge in [-0.15, -0.1) is 11.3 Å². The number of amides is 1. The van der Waals surface area contributed by atoms with Crippen molar-refractivity contribution in [1.29, 1.82) is 0 Å². The lowest BCUT2D eigenvalue weighted by Gasteiger charge is -2.03. The predicted molar refractivity (Wildman–Crippen MR) is 86.2 cm³/mol. The zero-order chi connectivity index (χ0) is 17.3. The molecule has 3 rings (SSSR count). The molecule has 0 saturated heterocycles.